The van der Waals surface area contributed by atoms with Gasteiger partial charge in [0.2, 0.25) is 0 Å². The Bertz CT molecular complexity index is 1290. The van der Waals surface area contributed by atoms with Gasteiger partial charge in [-0.05, 0) is 74.5 Å². The number of carbonyl (C=O) groups excluding carboxylic acids is 2. The third kappa shape index (κ3) is 11.5. The van der Waals surface area contributed by atoms with Crippen molar-refractivity contribution in [1.82, 2.24) is 4.90 Å². The normalized spacial score (nSPS) is 15.3. The number of ketones is 2. The van der Waals surface area contributed by atoms with Gasteiger partial charge < -0.3 is 19.5 Å². The molecule has 1 unspecified atom stereocenters. The van der Waals surface area contributed by atoms with Crippen LogP contribution in [0.4, 0.5) is 0 Å². The smallest absolute Gasteiger partial charge is 0.162 e. The Kier molecular flexibility index (Phi) is 14.2. The van der Waals surface area contributed by atoms with E-state index in [2.05, 4.69) is 18.6 Å². The maximum absolute atomic E-state index is 13.0. The second-order valence-electron chi connectivity index (χ2n) is 12.4. The Hall–Kier alpha value is -3.42. The number of aliphatic hydroxyl groups excluding tert-OH is 1. The summed E-state index contributed by atoms with van der Waals surface area (Å²) in [6.45, 7) is 8.19. The highest BCUT2D eigenvalue weighted by atomic mass is 16.5. The van der Waals surface area contributed by atoms with Crippen molar-refractivity contribution in [3.63, 3.8) is 0 Å². The second-order valence-corrected chi connectivity index (χ2v) is 12.4. The number of carbonyl (C=O) groups is 2. The number of aliphatic hydroxyl groups is 1. The first-order valence-electron chi connectivity index (χ1n) is 16.9. The molecule has 1 heterocycles. The summed E-state index contributed by atoms with van der Waals surface area (Å²) in [4.78, 5) is 28.0. The molecule has 1 saturated heterocycles. The number of benzene rings is 3. The zero-order chi connectivity index (χ0) is 31.9. The van der Waals surface area contributed by atoms with Gasteiger partial charge in [0.15, 0.2) is 13.1 Å². The van der Waals surface area contributed by atoms with Gasteiger partial charge in [0, 0.05) is 43.7 Å². The molecule has 240 valence electrons. The van der Waals surface area contributed by atoms with Crippen LogP contribution in [0, 0.1) is 11.8 Å². The van der Waals surface area contributed by atoms with E-state index >= 15 is 0 Å². The van der Waals surface area contributed by atoms with Crippen LogP contribution in [0.1, 0.15) is 80.3 Å². The summed E-state index contributed by atoms with van der Waals surface area (Å²) < 4.78 is 11.6. The van der Waals surface area contributed by atoms with Gasteiger partial charge >= 0.3 is 0 Å². The fourth-order valence-electron chi connectivity index (χ4n) is 6.11. The van der Waals surface area contributed by atoms with Crippen molar-refractivity contribution >= 4 is 24.3 Å². The summed E-state index contributed by atoms with van der Waals surface area (Å²) in [5, 5.41) is 11.6. The second kappa shape index (κ2) is 18.5. The average Bonchev–Trinajstić information content (AvgIpc) is 3.59. The predicted octanol–water partition coefficient (Wildman–Crippen LogP) is 6.43. The van der Waals surface area contributed by atoms with Crippen LogP contribution in [0.15, 0.2) is 78.9 Å². The maximum Gasteiger partial charge on any atom is 0.162 e. The number of unbranched alkanes of at least 4 members (excludes halogenated alkanes) is 1. The van der Waals surface area contributed by atoms with Crippen LogP contribution < -0.4 is 14.9 Å². The van der Waals surface area contributed by atoms with Crippen molar-refractivity contribution in [2.45, 2.75) is 71.2 Å². The Morgan fingerprint density at radius 3 is 2.09 bits per heavy atom. The van der Waals surface area contributed by atoms with Gasteiger partial charge in [-0.15, -0.1) is 0 Å². The van der Waals surface area contributed by atoms with E-state index in [1.54, 1.807) is 0 Å². The molecule has 0 radical (unpaired) electrons. The van der Waals surface area contributed by atoms with Crippen molar-refractivity contribution in [1.29, 1.82) is 0 Å². The minimum absolute atomic E-state index is 0.0346. The summed E-state index contributed by atoms with van der Waals surface area (Å²) in [5.41, 5.74) is 2.82. The number of hydrogen-bond donors (Lipinski definition) is 1. The standard InChI is InChI=1S/C38H50BNO5/c1-29(27-33(41)11-6-7-14-37(42)30-15-19-32(39-2)20-16-30)36(28-40-23-8-9-24-40)38(43)31-17-21-35(22-18-31)45-26-10-25-44-34-12-4-3-5-13-34/h3-5,12-13,15-22,29,36,38-39,43H,6-11,14,23-28H2,1-2H3/t29?,36-,38+/m0/s1. The molecule has 3 aromatic rings. The number of hydrogen-bond acceptors (Lipinski definition) is 6. The summed E-state index contributed by atoms with van der Waals surface area (Å²) in [5.74, 6) is 1.95. The lowest BCUT2D eigenvalue weighted by molar-refractivity contribution is -0.120. The average molecular weight is 612 g/mol. The van der Waals surface area contributed by atoms with E-state index in [-0.39, 0.29) is 23.4 Å². The third-order valence-electron chi connectivity index (χ3n) is 8.94. The first-order valence-corrected chi connectivity index (χ1v) is 16.9. The van der Waals surface area contributed by atoms with Crippen LogP contribution >= 0.6 is 0 Å². The largest absolute Gasteiger partial charge is 0.493 e. The van der Waals surface area contributed by atoms with E-state index < -0.39 is 6.10 Å². The van der Waals surface area contributed by atoms with E-state index in [1.165, 1.54) is 18.3 Å². The predicted molar refractivity (Wildman–Crippen MR) is 183 cm³/mol. The molecule has 0 aliphatic carbocycles. The van der Waals surface area contributed by atoms with Crippen molar-refractivity contribution in [3.8, 4) is 11.5 Å². The van der Waals surface area contributed by atoms with E-state index in [1.807, 2.05) is 78.9 Å². The van der Waals surface area contributed by atoms with Crippen LogP contribution in [-0.4, -0.2) is 61.7 Å². The molecule has 1 fully saturated rings. The Labute approximate surface area is 270 Å². The third-order valence-corrected chi connectivity index (χ3v) is 8.94. The zero-order valence-corrected chi connectivity index (χ0v) is 27.2. The molecule has 1 aliphatic rings. The number of Topliss-reactive ketones (excluding diaryl/α,β-unsaturated/α-hetero) is 2. The van der Waals surface area contributed by atoms with Crippen LogP contribution in [0.3, 0.4) is 0 Å². The molecule has 0 saturated carbocycles. The van der Waals surface area contributed by atoms with E-state index in [9.17, 15) is 14.7 Å². The van der Waals surface area contributed by atoms with Gasteiger partial charge in [-0.1, -0.05) is 73.8 Å². The molecule has 0 bridgehead atoms. The Morgan fingerprint density at radius 2 is 1.44 bits per heavy atom. The first-order chi connectivity index (χ1) is 21.9. The van der Waals surface area contributed by atoms with Gasteiger partial charge in [0.05, 0.1) is 19.3 Å². The van der Waals surface area contributed by atoms with Crippen molar-refractivity contribution in [2.24, 2.45) is 11.8 Å². The molecule has 0 spiro atoms. The highest BCUT2D eigenvalue weighted by Gasteiger charge is 2.30. The lowest BCUT2D eigenvalue weighted by Crippen LogP contribution is -2.34. The van der Waals surface area contributed by atoms with Crippen LogP contribution in [-0.2, 0) is 4.79 Å². The summed E-state index contributed by atoms with van der Waals surface area (Å²) in [7, 11) is 0.957. The number of nitrogens with zero attached hydrogens (tertiary/aromatic N) is 1. The molecule has 3 atom stereocenters. The van der Waals surface area contributed by atoms with E-state index in [0.29, 0.717) is 45.3 Å². The quantitative estimate of drug-likeness (QED) is 0.0902. The van der Waals surface area contributed by atoms with Gasteiger partial charge in [0.25, 0.3) is 0 Å². The van der Waals surface area contributed by atoms with Gasteiger partial charge in [-0.2, -0.15) is 0 Å². The van der Waals surface area contributed by atoms with Crippen molar-refractivity contribution < 1.29 is 24.2 Å². The molecular formula is C38H50BNO5. The maximum atomic E-state index is 13.0. The molecule has 7 heteroatoms. The molecule has 6 nitrogen and oxygen atoms in total. The Morgan fingerprint density at radius 1 is 0.822 bits per heavy atom. The number of para-hydroxylation sites is 1. The summed E-state index contributed by atoms with van der Waals surface area (Å²) in [6, 6.07) is 25.3. The van der Waals surface area contributed by atoms with Crippen molar-refractivity contribution in [2.75, 3.05) is 32.8 Å². The Balaban J connectivity index is 1.23. The molecule has 1 aliphatic heterocycles. The number of likely N-dealkylation sites (tertiary alicyclic amines) is 1. The van der Waals surface area contributed by atoms with Gasteiger partial charge in [0.1, 0.15) is 17.3 Å². The number of rotatable bonds is 20. The number of ether oxygens (including phenoxy) is 2. The minimum Gasteiger partial charge on any atom is -0.493 e. The van der Waals surface area contributed by atoms with Crippen LogP contribution in [0.25, 0.3) is 0 Å². The topological polar surface area (TPSA) is 76.1 Å². The fraction of sp³-hybridized carbons (Fsp3) is 0.474. The SMILES string of the molecule is CBc1ccc(C(=O)CCCCC(=O)CC(C)[C@H](CN2CCCC2)[C@H](O)c2ccc(OCCCOc3ccccc3)cc2)cc1. The minimum atomic E-state index is -0.668. The molecule has 0 aromatic heterocycles. The molecular weight excluding hydrogens is 561 g/mol. The van der Waals surface area contributed by atoms with Crippen molar-refractivity contribution in [3.05, 3.63) is 90.0 Å². The zero-order valence-electron chi connectivity index (χ0n) is 27.2. The van der Waals surface area contributed by atoms with E-state index in [4.69, 9.17) is 9.47 Å². The van der Waals surface area contributed by atoms with Crippen LogP contribution in [0.2, 0.25) is 6.82 Å². The first kappa shape index (κ1) is 34.5. The monoisotopic (exact) mass is 611 g/mol. The molecule has 1 N–H and O–H groups in total. The molecule has 45 heavy (non-hydrogen) atoms. The van der Waals surface area contributed by atoms with Gasteiger partial charge in [-0.3, -0.25) is 9.59 Å². The lowest BCUT2D eigenvalue weighted by Gasteiger charge is -2.32. The lowest BCUT2D eigenvalue weighted by atomic mass is 9.73. The molecule has 4 rings (SSSR count). The van der Waals surface area contributed by atoms with Crippen LogP contribution in [0.5, 0.6) is 11.5 Å². The summed E-state index contributed by atoms with van der Waals surface area (Å²) >= 11 is 0. The summed E-state index contributed by atoms with van der Waals surface area (Å²) in [6.07, 6.45) is 5.26. The van der Waals surface area contributed by atoms with E-state index in [0.717, 1.165) is 56.0 Å². The highest BCUT2D eigenvalue weighted by molar-refractivity contribution is 6.51. The van der Waals surface area contributed by atoms with Gasteiger partial charge in [-0.25, -0.2) is 0 Å². The highest BCUT2D eigenvalue weighted by Crippen LogP contribution is 2.33. The molecule has 3 aromatic carbocycles. The molecule has 0 amide bonds. The fourth-order valence-corrected chi connectivity index (χ4v) is 6.11.